The van der Waals surface area contributed by atoms with Crippen molar-refractivity contribution in [3.05, 3.63) is 82.5 Å². The largest absolute Gasteiger partial charge is 0.382 e. The van der Waals surface area contributed by atoms with Crippen molar-refractivity contribution in [2.24, 2.45) is 5.92 Å². The number of hydrogen-bond acceptors (Lipinski definition) is 4. The van der Waals surface area contributed by atoms with Gasteiger partial charge in [-0.05, 0) is 35.7 Å². The van der Waals surface area contributed by atoms with E-state index in [-0.39, 0.29) is 23.3 Å². The first-order chi connectivity index (χ1) is 14.9. The number of rotatable bonds is 3. The van der Waals surface area contributed by atoms with Gasteiger partial charge in [0.1, 0.15) is 17.2 Å². The number of fused-ring (bicyclic) bond motifs is 4. The number of aromatic nitrogens is 3. The molecule has 4 aromatic rings. The zero-order chi connectivity index (χ0) is 21.9. The molecule has 5 rings (SSSR count). The van der Waals surface area contributed by atoms with Crippen LogP contribution in [0.4, 0.5) is 10.2 Å². The molecular weight excluding hydrogens is 461 g/mol. The molecule has 2 heterocycles. The van der Waals surface area contributed by atoms with Gasteiger partial charge in [0, 0.05) is 23.5 Å². The number of nitrogens with zero attached hydrogens (tertiary/aromatic N) is 4. The summed E-state index contributed by atoms with van der Waals surface area (Å²) in [5, 5.41) is 0. The predicted molar refractivity (Wildman–Crippen MR) is 121 cm³/mol. The van der Waals surface area contributed by atoms with Crippen LogP contribution in [0.1, 0.15) is 27.5 Å². The molecule has 2 aromatic carbocycles. The van der Waals surface area contributed by atoms with Crippen molar-refractivity contribution < 1.29 is 9.18 Å². The van der Waals surface area contributed by atoms with Crippen molar-refractivity contribution in [1.29, 1.82) is 0 Å². The summed E-state index contributed by atoms with van der Waals surface area (Å²) in [5.41, 5.74) is 9.67. The second kappa shape index (κ2) is 7.16. The van der Waals surface area contributed by atoms with E-state index in [1.807, 2.05) is 18.2 Å². The van der Waals surface area contributed by atoms with Gasteiger partial charge in [-0.2, -0.15) is 0 Å². The van der Waals surface area contributed by atoms with Gasteiger partial charge in [0.2, 0.25) is 0 Å². The standard InChI is InChI=1S/C23H19BrFN5O/c1-3-12-6-13-7-14(24)4-5-15(13)21(12)29(2)23(31)16-8-19-18(9-17(16)25)28-22(26)20-10-27-11-30(19)20/h3-5,7-12,21H,1,6H2,2H3,(H2,26,28)/t12-,21-/m0/s1. The summed E-state index contributed by atoms with van der Waals surface area (Å²) >= 11 is 3.51. The minimum absolute atomic E-state index is 0.0232. The van der Waals surface area contributed by atoms with Gasteiger partial charge in [-0.15, -0.1) is 6.58 Å². The smallest absolute Gasteiger partial charge is 0.257 e. The summed E-state index contributed by atoms with van der Waals surface area (Å²) in [7, 11) is 1.71. The van der Waals surface area contributed by atoms with E-state index in [1.165, 1.54) is 12.1 Å². The quantitative estimate of drug-likeness (QED) is 0.437. The zero-order valence-electron chi connectivity index (χ0n) is 16.7. The minimum Gasteiger partial charge on any atom is -0.382 e. The number of nitrogen functional groups attached to an aromatic ring is 1. The first-order valence-electron chi connectivity index (χ1n) is 9.78. The highest BCUT2D eigenvalue weighted by Gasteiger charge is 2.36. The highest BCUT2D eigenvalue weighted by molar-refractivity contribution is 9.10. The molecule has 31 heavy (non-hydrogen) atoms. The van der Waals surface area contributed by atoms with Crippen LogP contribution in [-0.2, 0) is 6.42 Å². The topological polar surface area (TPSA) is 76.5 Å². The lowest BCUT2D eigenvalue weighted by atomic mass is 9.98. The Morgan fingerprint density at radius 3 is 2.94 bits per heavy atom. The maximum absolute atomic E-state index is 15.0. The van der Waals surface area contributed by atoms with Crippen LogP contribution >= 0.6 is 15.9 Å². The molecule has 0 fully saturated rings. The maximum atomic E-state index is 15.0. The number of carbonyl (C=O) groups excluding carboxylic acids is 1. The summed E-state index contributed by atoms with van der Waals surface area (Å²) in [6, 6.07) is 8.57. The van der Waals surface area contributed by atoms with Crippen LogP contribution in [0.5, 0.6) is 0 Å². The summed E-state index contributed by atoms with van der Waals surface area (Å²) in [5.74, 6) is -0.747. The highest BCUT2D eigenvalue weighted by Crippen LogP contribution is 2.42. The van der Waals surface area contributed by atoms with E-state index in [4.69, 9.17) is 5.73 Å². The number of hydrogen-bond donors (Lipinski definition) is 1. The molecule has 2 N–H and O–H groups in total. The van der Waals surface area contributed by atoms with Gasteiger partial charge in [-0.3, -0.25) is 9.20 Å². The van der Waals surface area contributed by atoms with E-state index in [0.29, 0.717) is 16.6 Å². The Morgan fingerprint density at radius 1 is 1.35 bits per heavy atom. The van der Waals surface area contributed by atoms with Crippen LogP contribution in [0.25, 0.3) is 16.6 Å². The Balaban J connectivity index is 1.60. The first-order valence-corrected chi connectivity index (χ1v) is 10.6. The molecule has 6 nitrogen and oxygen atoms in total. The second-order valence-corrected chi connectivity index (χ2v) is 8.69. The van der Waals surface area contributed by atoms with Gasteiger partial charge in [-0.25, -0.2) is 14.4 Å². The molecule has 0 saturated carbocycles. The Hall–Kier alpha value is -3.26. The van der Waals surface area contributed by atoms with Gasteiger partial charge in [0.15, 0.2) is 0 Å². The molecular formula is C23H19BrFN5O. The van der Waals surface area contributed by atoms with Gasteiger partial charge in [-0.1, -0.05) is 28.1 Å². The van der Waals surface area contributed by atoms with Gasteiger partial charge in [0.25, 0.3) is 5.91 Å². The van der Waals surface area contributed by atoms with E-state index in [1.54, 1.807) is 28.9 Å². The number of benzene rings is 2. The highest BCUT2D eigenvalue weighted by atomic mass is 79.9. The fourth-order valence-corrected chi connectivity index (χ4v) is 4.93. The number of anilines is 1. The normalized spacial score (nSPS) is 17.8. The third-order valence-corrected chi connectivity index (χ3v) is 6.51. The SMILES string of the molecule is C=C[C@H]1Cc2cc(Br)ccc2[C@H]1N(C)C(=O)c1cc2c(cc1F)nc(N)c1cncn12. The summed E-state index contributed by atoms with van der Waals surface area (Å²) in [4.78, 5) is 23.4. The monoisotopic (exact) mass is 479 g/mol. The van der Waals surface area contributed by atoms with E-state index in [0.717, 1.165) is 22.0 Å². The summed E-state index contributed by atoms with van der Waals surface area (Å²) < 4.78 is 17.7. The van der Waals surface area contributed by atoms with Crippen LogP contribution in [0, 0.1) is 11.7 Å². The molecule has 0 bridgehead atoms. The van der Waals surface area contributed by atoms with Crippen LogP contribution in [0.3, 0.4) is 0 Å². The molecule has 0 radical (unpaired) electrons. The lowest BCUT2D eigenvalue weighted by Gasteiger charge is -2.29. The summed E-state index contributed by atoms with van der Waals surface area (Å²) in [6.07, 6.45) is 5.80. The minimum atomic E-state index is -0.639. The second-order valence-electron chi connectivity index (χ2n) is 7.77. The van der Waals surface area contributed by atoms with Crippen LogP contribution in [0.2, 0.25) is 0 Å². The lowest BCUT2D eigenvalue weighted by molar-refractivity contribution is 0.0700. The van der Waals surface area contributed by atoms with Gasteiger partial charge >= 0.3 is 0 Å². The van der Waals surface area contributed by atoms with Crippen LogP contribution in [0.15, 0.2) is 60.0 Å². The average Bonchev–Trinajstić information content (AvgIpc) is 3.37. The van der Waals surface area contributed by atoms with E-state index >= 15 is 4.39 Å². The molecule has 0 saturated heterocycles. The molecule has 156 valence electrons. The van der Waals surface area contributed by atoms with E-state index < -0.39 is 11.7 Å². The molecule has 2 aromatic heterocycles. The van der Waals surface area contributed by atoms with Crippen molar-refractivity contribution >= 4 is 44.2 Å². The van der Waals surface area contributed by atoms with Gasteiger partial charge < -0.3 is 10.6 Å². The Morgan fingerprint density at radius 2 is 2.16 bits per heavy atom. The van der Waals surface area contributed by atoms with Crippen molar-refractivity contribution in [1.82, 2.24) is 19.3 Å². The molecule has 0 spiro atoms. The number of halogens is 2. The fourth-order valence-electron chi connectivity index (χ4n) is 4.52. The van der Waals surface area contributed by atoms with Crippen LogP contribution < -0.4 is 5.73 Å². The average molecular weight is 480 g/mol. The maximum Gasteiger partial charge on any atom is 0.257 e. The Bertz CT molecular complexity index is 1380. The molecule has 8 heteroatoms. The number of carbonyl (C=O) groups is 1. The van der Waals surface area contributed by atoms with E-state index in [9.17, 15) is 4.79 Å². The van der Waals surface area contributed by atoms with Crippen molar-refractivity contribution in [2.45, 2.75) is 12.5 Å². The van der Waals surface area contributed by atoms with Crippen molar-refractivity contribution in [2.75, 3.05) is 12.8 Å². The molecule has 1 amide bonds. The van der Waals surface area contributed by atoms with E-state index in [2.05, 4.69) is 38.5 Å². The summed E-state index contributed by atoms with van der Waals surface area (Å²) in [6.45, 7) is 3.95. The zero-order valence-corrected chi connectivity index (χ0v) is 18.3. The predicted octanol–water partition coefficient (Wildman–Crippen LogP) is 4.54. The first kappa shape index (κ1) is 19.7. The van der Waals surface area contributed by atoms with Crippen LogP contribution in [-0.4, -0.2) is 32.2 Å². The molecule has 2 atom stereocenters. The Labute approximate surface area is 186 Å². The van der Waals surface area contributed by atoms with Gasteiger partial charge in [0.05, 0.1) is 35.2 Å². The molecule has 1 aliphatic rings. The number of imidazole rings is 1. The molecule has 0 unspecified atom stereocenters. The van der Waals surface area contributed by atoms with Crippen molar-refractivity contribution in [3.63, 3.8) is 0 Å². The lowest BCUT2D eigenvalue weighted by Crippen LogP contribution is -2.34. The third-order valence-electron chi connectivity index (χ3n) is 6.02. The fraction of sp³-hybridized carbons (Fsp3) is 0.174. The molecule has 0 aliphatic heterocycles. The molecule has 1 aliphatic carbocycles. The number of amides is 1. The number of nitrogens with two attached hydrogens (primary N) is 1. The third kappa shape index (κ3) is 3.01. The van der Waals surface area contributed by atoms with Crippen molar-refractivity contribution in [3.8, 4) is 0 Å². The Kier molecular flexibility index (Phi) is 4.55.